The SMILES string of the molecule is COc1c(C)cc(Br)cc1C(=O)NC(=S)Nc1ccc2oc(-c3cc(Cl)ccc3Cl)nc2c1. The van der Waals surface area contributed by atoms with Crippen molar-refractivity contribution in [3.8, 4) is 17.2 Å². The molecule has 10 heteroatoms. The number of fused-ring (bicyclic) bond motifs is 1. The van der Waals surface area contributed by atoms with E-state index in [0.29, 0.717) is 49.6 Å². The Balaban J connectivity index is 1.53. The second kappa shape index (κ2) is 9.69. The highest BCUT2D eigenvalue weighted by Crippen LogP contribution is 2.33. The molecule has 0 bridgehead atoms. The van der Waals surface area contributed by atoms with Gasteiger partial charge in [0.05, 0.1) is 23.3 Å². The number of carbonyl (C=O) groups is 1. The topological polar surface area (TPSA) is 76.4 Å². The number of hydrogen-bond donors (Lipinski definition) is 2. The van der Waals surface area contributed by atoms with Gasteiger partial charge in [0.25, 0.3) is 5.91 Å². The quantitative estimate of drug-likeness (QED) is 0.260. The maximum atomic E-state index is 12.8. The van der Waals surface area contributed by atoms with E-state index >= 15 is 0 Å². The molecule has 0 radical (unpaired) electrons. The first kappa shape index (κ1) is 23.5. The first-order valence-electron chi connectivity index (χ1n) is 9.57. The van der Waals surface area contributed by atoms with Gasteiger partial charge in [-0.25, -0.2) is 4.98 Å². The maximum absolute atomic E-state index is 12.8. The van der Waals surface area contributed by atoms with Gasteiger partial charge in [0.15, 0.2) is 10.7 Å². The second-order valence-corrected chi connectivity index (χ2v) is 9.20. The molecule has 0 aliphatic heterocycles. The molecule has 0 fully saturated rings. The van der Waals surface area contributed by atoms with E-state index in [9.17, 15) is 4.79 Å². The molecular formula is C23H16BrCl2N3O3S. The normalized spacial score (nSPS) is 10.8. The lowest BCUT2D eigenvalue weighted by atomic mass is 10.1. The summed E-state index contributed by atoms with van der Waals surface area (Å²) in [5.41, 5.74) is 3.56. The predicted molar refractivity (Wildman–Crippen MR) is 139 cm³/mol. The van der Waals surface area contributed by atoms with E-state index in [1.165, 1.54) is 7.11 Å². The van der Waals surface area contributed by atoms with Gasteiger partial charge in [0, 0.05) is 15.2 Å². The fourth-order valence-electron chi connectivity index (χ4n) is 3.28. The lowest BCUT2D eigenvalue weighted by molar-refractivity contribution is 0.0974. The largest absolute Gasteiger partial charge is 0.496 e. The van der Waals surface area contributed by atoms with Gasteiger partial charge >= 0.3 is 0 Å². The fraction of sp³-hybridized carbons (Fsp3) is 0.0870. The Bertz CT molecular complexity index is 1410. The summed E-state index contributed by atoms with van der Waals surface area (Å²) in [6, 6.07) is 13.9. The fourth-order valence-corrected chi connectivity index (χ4v) is 4.44. The first-order chi connectivity index (χ1) is 15.7. The van der Waals surface area contributed by atoms with E-state index in [-0.39, 0.29) is 5.11 Å². The molecule has 168 valence electrons. The third-order valence-corrected chi connectivity index (χ3v) is 5.95. The van der Waals surface area contributed by atoms with Gasteiger partial charge in [0.2, 0.25) is 5.89 Å². The average Bonchev–Trinajstić information content (AvgIpc) is 3.18. The number of anilines is 1. The summed E-state index contributed by atoms with van der Waals surface area (Å²) in [6.07, 6.45) is 0. The lowest BCUT2D eigenvalue weighted by Gasteiger charge is -2.13. The molecular weight excluding hydrogens is 549 g/mol. The van der Waals surface area contributed by atoms with Crippen LogP contribution in [-0.2, 0) is 0 Å². The van der Waals surface area contributed by atoms with Crippen molar-refractivity contribution < 1.29 is 13.9 Å². The van der Waals surface area contributed by atoms with E-state index in [0.717, 1.165) is 10.0 Å². The van der Waals surface area contributed by atoms with Crippen LogP contribution in [0.1, 0.15) is 15.9 Å². The predicted octanol–water partition coefficient (Wildman–Crippen LogP) is 7.01. The molecule has 0 aliphatic rings. The van der Waals surface area contributed by atoms with Crippen LogP contribution in [0.5, 0.6) is 5.75 Å². The number of carbonyl (C=O) groups excluding carboxylic acids is 1. The molecule has 3 aromatic carbocycles. The highest BCUT2D eigenvalue weighted by Gasteiger charge is 2.17. The van der Waals surface area contributed by atoms with Crippen molar-refractivity contribution in [2.24, 2.45) is 0 Å². The van der Waals surface area contributed by atoms with Crippen molar-refractivity contribution >= 4 is 79.2 Å². The van der Waals surface area contributed by atoms with Crippen molar-refractivity contribution in [3.05, 3.63) is 74.2 Å². The van der Waals surface area contributed by atoms with E-state index < -0.39 is 5.91 Å². The molecule has 33 heavy (non-hydrogen) atoms. The third-order valence-electron chi connectivity index (χ3n) is 4.72. The van der Waals surface area contributed by atoms with Crippen LogP contribution in [0.3, 0.4) is 0 Å². The van der Waals surface area contributed by atoms with Gasteiger partial charge in [0.1, 0.15) is 11.3 Å². The summed E-state index contributed by atoms with van der Waals surface area (Å²) < 4.78 is 12.0. The number of benzene rings is 3. The molecule has 4 aromatic rings. The van der Waals surface area contributed by atoms with Gasteiger partial charge in [-0.05, 0) is 73.2 Å². The van der Waals surface area contributed by atoms with Crippen LogP contribution in [0.2, 0.25) is 10.0 Å². The number of aryl methyl sites for hydroxylation is 1. The highest BCUT2D eigenvalue weighted by molar-refractivity contribution is 9.10. The number of hydrogen-bond acceptors (Lipinski definition) is 5. The molecule has 1 aromatic heterocycles. The van der Waals surface area contributed by atoms with Crippen LogP contribution in [0.4, 0.5) is 5.69 Å². The summed E-state index contributed by atoms with van der Waals surface area (Å²) in [4.78, 5) is 17.3. The van der Waals surface area contributed by atoms with Crippen LogP contribution in [0.15, 0.2) is 57.4 Å². The smallest absolute Gasteiger partial charge is 0.261 e. The van der Waals surface area contributed by atoms with Gasteiger partial charge in [-0.15, -0.1) is 0 Å². The van der Waals surface area contributed by atoms with Crippen LogP contribution in [0.25, 0.3) is 22.6 Å². The van der Waals surface area contributed by atoms with Crippen molar-refractivity contribution in [1.82, 2.24) is 10.3 Å². The van der Waals surface area contributed by atoms with Crippen molar-refractivity contribution in [2.45, 2.75) is 6.92 Å². The highest BCUT2D eigenvalue weighted by atomic mass is 79.9. The Morgan fingerprint density at radius 1 is 1.15 bits per heavy atom. The van der Waals surface area contributed by atoms with Gasteiger partial charge < -0.3 is 14.5 Å². The number of ether oxygens (including phenoxy) is 1. The van der Waals surface area contributed by atoms with E-state index in [2.05, 4.69) is 31.5 Å². The summed E-state index contributed by atoms with van der Waals surface area (Å²) >= 11 is 21.1. The number of rotatable bonds is 4. The number of halogens is 3. The van der Waals surface area contributed by atoms with E-state index in [1.807, 2.05) is 13.0 Å². The molecule has 1 heterocycles. The van der Waals surface area contributed by atoms with Crippen LogP contribution in [0, 0.1) is 6.92 Å². The minimum absolute atomic E-state index is 0.126. The molecule has 0 saturated heterocycles. The van der Waals surface area contributed by atoms with E-state index in [4.69, 9.17) is 44.6 Å². The van der Waals surface area contributed by atoms with Gasteiger partial charge in [-0.2, -0.15) is 0 Å². The molecule has 1 amide bonds. The first-order valence-corrected chi connectivity index (χ1v) is 11.5. The summed E-state index contributed by atoms with van der Waals surface area (Å²) in [5, 5.41) is 6.79. The van der Waals surface area contributed by atoms with Crippen LogP contribution in [-0.4, -0.2) is 23.1 Å². The second-order valence-electron chi connectivity index (χ2n) is 7.04. The lowest BCUT2D eigenvalue weighted by Crippen LogP contribution is -2.34. The van der Waals surface area contributed by atoms with Crippen LogP contribution >= 0.6 is 51.3 Å². The third kappa shape index (κ3) is 5.14. The number of nitrogens with one attached hydrogen (secondary N) is 2. The molecule has 4 rings (SSSR count). The average molecular weight is 565 g/mol. The molecule has 0 aliphatic carbocycles. The Hall–Kier alpha value is -2.65. The number of aromatic nitrogens is 1. The van der Waals surface area contributed by atoms with Crippen LogP contribution < -0.4 is 15.4 Å². The Labute approximate surface area is 213 Å². The maximum Gasteiger partial charge on any atom is 0.261 e. The number of thiocarbonyl (C=S) groups is 1. The van der Waals surface area contributed by atoms with Crippen molar-refractivity contribution in [3.63, 3.8) is 0 Å². The van der Waals surface area contributed by atoms with Crippen molar-refractivity contribution in [2.75, 3.05) is 12.4 Å². The van der Waals surface area contributed by atoms with Gasteiger partial charge in [-0.1, -0.05) is 39.1 Å². The number of oxazole rings is 1. The number of amides is 1. The monoisotopic (exact) mass is 563 g/mol. The minimum atomic E-state index is -0.394. The zero-order valence-electron chi connectivity index (χ0n) is 17.3. The summed E-state index contributed by atoms with van der Waals surface area (Å²) in [7, 11) is 1.52. The molecule has 2 N–H and O–H groups in total. The molecule has 0 unspecified atom stereocenters. The molecule has 0 spiro atoms. The minimum Gasteiger partial charge on any atom is -0.496 e. The Morgan fingerprint density at radius 2 is 1.94 bits per heavy atom. The molecule has 0 saturated carbocycles. The molecule has 6 nitrogen and oxygen atoms in total. The standard InChI is InChI=1S/C23H16BrCl2N3O3S/c1-11-7-12(24)8-16(20(11)31-2)21(30)29-23(33)27-14-4-6-19-18(10-14)28-22(32-19)15-9-13(25)3-5-17(15)26/h3-10H,1-2H3,(H2,27,29,30,33). The number of nitrogens with zero attached hydrogens (tertiary/aromatic N) is 1. The Morgan fingerprint density at radius 3 is 2.70 bits per heavy atom. The summed E-state index contributed by atoms with van der Waals surface area (Å²) in [5.74, 6) is 0.437. The van der Waals surface area contributed by atoms with Crippen molar-refractivity contribution in [1.29, 1.82) is 0 Å². The Kier molecular flexibility index (Phi) is 6.90. The van der Waals surface area contributed by atoms with E-state index in [1.54, 1.807) is 42.5 Å². The van der Waals surface area contributed by atoms with Gasteiger partial charge in [-0.3, -0.25) is 10.1 Å². The zero-order valence-corrected chi connectivity index (χ0v) is 21.2. The number of methoxy groups -OCH3 is 1. The zero-order chi connectivity index (χ0) is 23.7. The molecule has 0 atom stereocenters. The summed E-state index contributed by atoms with van der Waals surface area (Å²) in [6.45, 7) is 1.86.